The number of carbonyl (C=O) groups is 1. The van der Waals surface area contributed by atoms with Crippen molar-refractivity contribution in [2.24, 2.45) is 0 Å². The van der Waals surface area contributed by atoms with Crippen molar-refractivity contribution in [2.45, 2.75) is 32.4 Å². The molecule has 0 saturated carbocycles. The molecule has 1 aromatic heterocycles. The van der Waals surface area contributed by atoms with Gasteiger partial charge in [0.25, 0.3) is 0 Å². The molecule has 11 heteroatoms. The number of nitrogens with one attached hydrogen (secondary N) is 1. The van der Waals surface area contributed by atoms with Crippen molar-refractivity contribution in [3.63, 3.8) is 0 Å². The van der Waals surface area contributed by atoms with Crippen LogP contribution in [0.25, 0.3) is 0 Å². The van der Waals surface area contributed by atoms with Crippen molar-refractivity contribution in [1.29, 1.82) is 0 Å². The second-order valence-corrected chi connectivity index (χ2v) is 7.22. The summed E-state index contributed by atoms with van der Waals surface area (Å²) in [5, 5.41) is 2.10. The highest BCUT2D eigenvalue weighted by Crippen LogP contribution is 2.37. The van der Waals surface area contributed by atoms with Gasteiger partial charge in [-0.3, -0.25) is 0 Å². The Balaban J connectivity index is 1.91. The molecule has 1 N–H and O–H groups in total. The van der Waals surface area contributed by atoms with Gasteiger partial charge in [0.1, 0.15) is 17.3 Å². The summed E-state index contributed by atoms with van der Waals surface area (Å²) >= 11 is 0. The van der Waals surface area contributed by atoms with Gasteiger partial charge in [0.2, 0.25) is 0 Å². The lowest BCUT2D eigenvalue weighted by Gasteiger charge is -2.23. The van der Waals surface area contributed by atoms with Crippen molar-refractivity contribution >= 4 is 11.7 Å². The van der Waals surface area contributed by atoms with Crippen molar-refractivity contribution in [1.82, 2.24) is 4.90 Å². The number of alkyl halides is 6. The van der Waals surface area contributed by atoms with Crippen molar-refractivity contribution in [2.75, 3.05) is 5.32 Å². The van der Waals surface area contributed by atoms with Crippen LogP contribution in [0.1, 0.15) is 28.2 Å². The fraction of sp³-hybridized carbons (Fsp3) is 0.227. The number of amides is 2. The Morgan fingerprint density at radius 1 is 0.879 bits per heavy atom. The van der Waals surface area contributed by atoms with Crippen LogP contribution in [0.4, 0.5) is 41.2 Å². The number of nitrogens with zero attached hydrogens (tertiary/aromatic N) is 1. The standard InChI is InChI=1S/C22H17F7N2O2/c1-13-2-7-19(33-13)12-31(11-14-3-5-17(23)6-4-14)20(32)30-18-9-15(21(24,25)26)8-16(10-18)22(27,28)29/h2-10H,11-12H2,1H3,(H,30,32). The first-order valence-electron chi connectivity index (χ1n) is 9.46. The number of halogens is 7. The minimum Gasteiger partial charge on any atom is -0.464 e. The minimum absolute atomic E-state index is 0.0302. The van der Waals surface area contributed by atoms with E-state index in [0.29, 0.717) is 29.2 Å². The fourth-order valence-corrected chi connectivity index (χ4v) is 3.00. The predicted molar refractivity (Wildman–Crippen MR) is 105 cm³/mol. The number of furan rings is 1. The quantitative estimate of drug-likeness (QED) is 0.405. The summed E-state index contributed by atoms with van der Waals surface area (Å²) < 4.78 is 97.3. The monoisotopic (exact) mass is 474 g/mol. The largest absolute Gasteiger partial charge is 0.464 e. The maximum absolute atomic E-state index is 13.2. The predicted octanol–water partition coefficient (Wildman–Crippen LogP) is 7.00. The molecule has 0 aliphatic heterocycles. The van der Waals surface area contributed by atoms with Gasteiger partial charge in [-0.05, 0) is 55.0 Å². The van der Waals surface area contributed by atoms with E-state index in [1.165, 1.54) is 12.1 Å². The second kappa shape index (κ2) is 9.16. The number of hydrogen-bond acceptors (Lipinski definition) is 2. The first-order valence-corrected chi connectivity index (χ1v) is 9.46. The summed E-state index contributed by atoms with van der Waals surface area (Å²) in [6, 6.07) is 8.15. The van der Waals surface area contributed by atoms with E-state index in [1.54, 1.807) is 19.1 Å². The van der Waals surface area contributed by atoms with Gasteiger partial charge < -0.3 is 14.6 Å². The summed E-state index contributed by atoms with van der Waals surface area (Å²) in [4.78, 5) is 14.0. The summed E-state index contributed by atoms with van der Waals surface area (Å²) in [5.74, 6) is 0.365. The topological polar surface area (TPSA) is 45.5 Å². The molecule has 3 aromatic rings. The third-order valence-electron chi connectivity index (χ3n) is 4.56. The number of rotatable bonds is 5. The van der Waals surface area contributed by atoms with Crippen LogP contribution in [-0.2, 0) is 25.4 Å². The van der Waals surface area contributed by atoms with E-state index in [0.717, 1.165) is 17.0 Å². The molecule has 0 aliphatic rings. The lowest BCUT2D eigenvalue weighted by Crippen LogP contribution is -2.34. The van der Waals surface area contributed by atoms with E-state index in [1.807, 2.05) is 0 Å². The molecule has 0 saturated heterocycles. The molecule has 0 spiro atoms. The maximum Gasteiger partial charge on any atom is 0.416 e. The van der Waals surface area contributed by atoms with Crippen molar-refractivity contribution in [3.8, 4) is 0 Å². The lowest BCUT2D eigenvalue weighted by molar-refractivity contribution is -0.143. The van der Waals surface area contributed by atoms with E-state index >= 15 is 0 Å². The zero-order valence-electron chi connectivity index (χ0n) is 17.0. The van der Waals surface area contributed by atoms with E-state index in [4.69, 9.17) is 4.42 Å². The van der Waals surface area contributed by atoms with E-state index in [2.05, 4.69) is 5.32 Å². The Kier molecular flexibility index (Phi) is 6.71. The third kappa shape index (κ3) is 6.50. The molecule has 0 fully saturated rings. The minimum atomic E-state index is -5.06. The zero-order chi connectivity index (χ0) is 24.4. The Bertz CT molecular complexity index is 1090. The van der Waals surface area contributed by atoms with Crippen molar-refractivity contribution in [3.05, 3.63) is 88.6 Å². The highest BCUT2D eigenvalue weighted by Gasteiger charge is 2.37. The van der Waals surface area contributed by atoms with Gasteiger partial charge in [-0.2, -0.15) is 26.3 Å². The summed E-state index contributed by atoms with van der Waals surface area (Å²) in [6.07, 6.45) is -10.1. The number of anilines is 1. The molecule has 3 rings (SSSR count). The van der Waals surface area contributed by atoms with E-state index < -0.39 is 41.0 Å². The van der Waals surface area contributed by atoms with Gasteiger partial charge in [-0.25, -0.2) is 9.18 Å². The van der Waals surface area contributed by atoms with Crippen LogP contribution >= 0.6 is 0 Å². The van der Waals surface area contributed by atoms with Gasteiger partial charge in [-0.15, -0.1) is 0 Å². The Labute approximate surface area is 183 Å². The van der Waals surface area contributed by atoms with Gasteiger partial charge in [-0.1, -0.05) is 12.1 Å². The van der Waals surface area contributed by atoms with Crippen LogP contribution in [0, 0.1) is 12.7 Å². The van der Waals surface area contributed by atoms with Gasteiger partial charge >= 0.3 is 18.4 Å². The molecule has 0 atom stereocenters. The average Bonchev–Trinajstić information content (AvgIpc) is 3.12. The summed E-state index contributed by atoms with van der Waals surface area (Å²) in [6.45, 7) is 1.41. The van der Waals surface area contributed by atoms with Crippen LogP contribution in [-0.4, -0.2) is 10.9 Å². The number of urea groups is 1. The van der Waals surface area contributed by atoms with E-state index in [9.17, 15) is 35.5 Å². The molecule has 176 valence electrons. The number of carbonyl (C=O) groups excluding carboxylic acids is 1. The van der Waals surface area contributed by atoms with Crippen molar-refractivity contribution < 1.29 is 39.9 Å². The molecule has 1 heterocycles. The molecule has 0 aliphatic carbocycles. The van der Waals surface area contributed by atoms with Gasteiger partial charge in [0.05, 0.1) is 17.7 Å². The highest BCUT2D eigenvalue weighted by atomic mass is 19.4. The molecule has 0 radical (unpaired) electrons. The van der Waals surface area contributed by atoms with Gasteiger partial charge in [0, 0.05) is 12.2 Å². The fourth-order valence-electron chi connectivity index (χ4n) is 3.00. The first kappa shape index (κ1) is 24.1. The molecule has 2 amide bonds. The van der Waals surface area contributed by atoms with Crippen LogP contribution in [0.5, 0.6) is 0 Å². The summed E-state index contributed by atoms with van der Waals surface area (Å²) in [5.41, 5.74) is -3.31. The van der Waals surface area contributed by atoms with Gasteiger partial charge in [0.15, 0.2) is 0 Å². The number of aryl methyl sites for hydroxylation is 1. The highest BCUT2D eigenvalue weighted by molar-refractivity contribution is 5.89. The SMILES string of the molecule is Cc1ccc(CN(Cc2ccc(F)cc2)C(=O)Nc2cc(C(F)(F)F)cc(C(F)(F)F)c2)o1. The average molecular weight is 474 g/mol. The van der Waals surface area contributed by atoms with Crippen LogP contribution in [0.15, 0.2) is 59.0 Å². The zero-order valence-corrected chi connectivity index (χ0v) is 17.0. The van der Waals surface area contributed by atoms with E-state index in [-0.39, 0.29) is 19.2 Å². The van der Waals surface area contributed by atoms with Crippen LogP contribution in [0.3, 0.4) is 0 Å². The number of benzene rings is 2. The Morgan fingerprint density at radius 3 is 1.94 bits per heavy atom. The molecule has 4 nitrogen and oxygen atoms in total. The Morgan fingerprint density at radius 2 is 1.45 bits per heavy atom. The molecule has 33 heavy (non-hydrogen) atoms. The summed E-state index contributed by atoms with van der Waals surface area (Å²) in [7, 11) is 0. The number of hydrogen-bond donors (Lipinski definition) is 1. The second-order valence-electron chi connectivity index (χ2n) is 7.22. The molecule has 0 bridgehead atoms. The van der Waals surface area contributed by atoms with Crippen LogP contribution in [0.2, 0.25) is 0 Å². The molecule has 0 unspecified atom stereocenters. The molecular weight excluding hydrogens is 457 g/mol. The third-order valence-corrected chi connectivity index (χ3v) is 4.56. The Hall–Kier alpha value is -3.50. The normalized spacial score (nSPS) is 12.0. The lowest BCUT2D eigenvalue weighted by atomic mass is 10.1. The maximum atomic E-state index is 13.2. The molecular formula is C22H17F7N2O2. The molecule has 2 aromatic carbocycles. The first-order chi connectivity index (χ1) is 15.3. The smallest absolute Gasteiger partial charge is 0.416 e. The van der Waals surface area contributed by atoms with Crippen LogP contribution < -0.4 is 5.32 Å².